The van der Waals surface area contributed by atoms with Crippen LogP contribution >= 0.6 is 0 Å². The molecule has 0 bridgehead atoms. The molecule has 0 fully saturated rings. The highest BCUT2D eigenvalue weighted by Gasteiger charge is 2.20. The monoisotopic (exact) mass is 326 g/mol. The van der Waals surface area contributed by atoms with E-state index in [1.54, 1.807) is 24.3 Å². The molecule has 2 N–H and O–H groups in total. The lowest BCUT2D eigenvalue weighted by atomic mass is 10.1. The van der Waals surface area contributed by atoms with Crippen LogP contribution < -0.4 is 10.6 Å². The van der Waals surface area contributed by atoms with E-state index in [1.165, 1.54) is 12.3 Å². The highest BCUT2D eigenvalue weighted by Crippen LogP contribution is 2.10. The third kappa shape index (κ3) is 5.12. The molecular weight excluding hydrogens is 304 g/mol. The Balaban J connectivity index is 2.24. The van der Waals surface area contributed by atoms with Gasteiger partial charge in [0.2, 0.25) is 0 Å². The summed E-state index contributed by atoms with van der Waals surface area (Å²) in [5.41, 5.74) is 1.25. The first-order valence-electron chi connectivity index (χ1n) is 7.70. The molecule has 0 saturated carbocycles. The molecular formula is C19H22N2O3. The number of rotatable bonds is 4. The van der Waals surface area contributed by atoms with Gasteiger partial charge in [0.05, 0.1) is 6.26 Å². The zero-order valence-corrected chi connectivity index (χ0v) is 14.3. The molecule has 5 heteroatoms. The van der Waals surface area contributed by atoms with Crippen molar-refractivity contribution in [2.75, 3.05) is 0 Å². The van der Waals surface area contributed by atoms with Crippen molar-refractivity contribution in [3.8, 4) is 0 Å². The number of carbonyl (C=O) groups excluding carboxylic acids is 2. The molecule has 0 aliphatic heterocycles. The van der Waals surface area contributed by atoms with Crippen molar-refractivity contribution in [2.45, 2.75) is 33.2 Å². The Morgan fingerprint density at radius 1 is 1.08 bits per heavy atom. The predicted molar refractivity (Wildman–Crippen MR) is 93.2 cm³/mol. The van der Waals surface area contributed by atoms with Crippen LogP contribution in [0.1, 0.15) is 42.5 Å². The summed E-state index contributed by atoms with van der Waals surface area (Å²) >= 11 is 0. The van der Waals surface area contributed by atoms with Gasteiger partial charge in [-0.1, -0.05) is 17.7 Å². The Kier molecular flexibility index (Phi) is 5.24. The summed E-state index contributed by atoms with van der Waals surface area (Å²) in [4.78, 5) is 24.9. The van der Waals surface area contributed by atoms with E-state index in [0.717, 1.165) is 5.56 Å². The van der Waals surface area contributed by atoms with Gasteiger partial charge in [-0.15, -0.1) is 0 Å². The number of hydrogen-bond acceptors (Lipinski definition) is 3. The molecule has 0 unspecified atom stereocenters. The summed E-state index contributed by atoms with van der Waals surface area (Å²) in [6.07, 6.45) is 3.01. The molecule has 126 valence electrons. The van der Waals surface area contributed by atoms with Crippen LogP contribution in [-0.2, 0) is 4.79 Å². The van der Waals surface area contributed by atoms with Gasteiger partial charge in [0.1, 0.15) is 11.5 Å². The fraction of sp³-hybridized carbons (Fsp3) is 0.263. The maximum absolute atomic E-state index is 12.5. The van der Waals surface area contributed by atoms with Gasteiger partial charge in [0.15, 0.2) is 0 Å². The second-order valence-electron chi connectivity index (χ2n) is 6.60. The highest BCUT2D eigenvalue weighted by molar-refractivity contribution is 6.05. The molecule has 1 aromatic heterocycles. The molecule has 2 rings (SSSR count). The third-order valence-corrected chi connectivity index (χ3v) is 3.12. The van der Waals surface area contributed by atoms with Gasteiger partial charge in [-0.2, -0.15) is 0 Å². The average Bonchev–Trinajstić information content (AvgIpc) is 2.98. The molecule has 2 amide bonds. The fourth-order valence-corrected chi connectivity index (χ4v) is 1.98. The van der Waals surface area contributed by atoms with Crippen molar-refractivity contribution in [1.29, 1.82) is 0 Å². The lowest BCUT2D eigenvalue weighted by Gasteiger charge is -2.21. The maximum Gasteiger partial charge on any atom is 0.268 e. The topological polar surface area (TPSA) is 71.3 Å². The van der Waals surface area contributed by atoms with Crippen LogP contribution in [0, 0.1) is 6.92 Å². The molecule has 0 saturated heterocycles. The van der Waals surface area contributed by atoms with E-state index in [1.807, 2.05) is 39.8 Å². The molecule has 2 aromatic rings. The molecule has 24 heavy (non-hydrogen) atoms. The summed E-state index contributed by atoms with van der Waals surface area (Å²) in [6, 6.07) is 10.6. The molecule has 0 aliphatic rings. The first-order valence-corrected chi connectivity index (χ1v) is 7.70. The van der Waals surface area contributed by atoms with E-state index in [0.29, 0.717) is 11.3 Å². The minimum atomic E-state index is -0.423. The smallest absolute Gasteiger partial charge is 0.268 e. The minimum Gasteiger partial charge on any atom is -0.465 e. The van der Waals surface area contributed by atoms with E-state index in [2.05, 4.69) is 10.6 Å². The van der Waals surface area contributed by atoms with E-state index in [-0.39, 0.29) is 17.5 Å². The Bertz CT molecular complexity index is 736. The van der Waals surface area contributed by atoms with Crippen LogP contribution in [0.3, 0.4) is 0 Å². The van der Waals surface area contributed by atoms with Crippen LogP contribution in [0.15, 0.2) is 52.8 Å². The average molecular weight is 326 g/mol. The van der Waals surface area contributed by atoms with Crippen LogP contribution in [0.4, 0.5) is 0 Å². The molecule has 1 aromatic carbocycles. The van der Waals surface area contributed by atoms with E-state index >= 15 is 0 Å². The zero-order chi connectivity index (χ0) is 17.7. The van der Waals surface area contributed by atoms with Crippen LogP contribution in [0.2, 0.25) is 0 Å². The van der Waals surface area contributed by atoms with E-state index in [4.69, 9.17) is 4.42 Å². The quantitative estimate of drug-likeness (QED) is 0.847. The Hall–Kier alpha value is -2.82. The van der Waals surface area contributed by atoms with Crippen molar-refractivity contribution in [2.24, 2.45) is 0 Å². The molecule has 5 nitrogen and oxygen atoms in total. The Morgan fingerprint density at radius 3 is 2.29 bits per heavy atom. The van der Waals surface area contributed by atoms with Gasteiger partial charge < -0.3 is 15.1 Å². The molecule has 1 heterocycles. The number of hydrogen-bond donors (Lipinski definition) is 2. The SMILES string of the molecule is Cc1ccc(C(=O)NC(=Cc2ccco2)C(=O)NC(C)(C)C)cc1. The maximum atomic E-state index is 12.5. The number of aryl methyl sites for hydroxylation is 1. The summed E-state index contributed by atoms with van der Waals surface area (Å²) < 4.78 is 5.24. The number of nitrogens with one attached hydrogen (secondary N) is 2. The number of carbonyl (C=O) groups is 2. The second-order valence-corrected chi connectivity index (χ2v) is 6.60. The molecule has 0 radical (unpaired) electrons. The predicted octanol–water partition coefficient (Wildman–Crippen LogP) is 3.27. The van der Waals surface area contributed by atoms with Crippen LogP contribution in [-0.4, -0.2) is 17.4 Å². The first kappa shape index (κ1) is 17.5. The van der Waals surface area contributed by atoms with Crippen molar-refractivity contribution < 1.29 is 14.0 Å². The zero-order valence-electron chi connectivity index (χ0n) is 14.3. The standard InChI is InChI=1S/C19H22N2O3/c1-13-7-9-14(10-8-13)17(22)20-16(12-15-6-5-11-24-15)18(23)21-19(2,3)4/h5-12H,1-4H3,(H,20,22)(H,21,23). The van der Waals surface area contributed by atoms with Crippen LogP contribution in [0.5, 0.6) is 0 Å². The molecule has 0 spiro atoms. The lowest BCUT2D eigenvalue weighted by Crippen LogP contribution is -2.44. The highest BCUT2D eigenvalue weighted by atomic mass is 16.3. The van der Waals surface area contributed by atoms with Gasteiger partial charge in [-0.3, -0.25) is 9.59 Å². The number of benzene rings is 1. The summed E-state index contributed by atoms with van der Waals surface area (Å²) in [5.74, 6) is -0.241. The van der Waals surface area contributed by atoms with Gasteiger partial charge in [-0.05, 0) is 52.0 Å². The molecule has 0 atom stereocenters. The normalized spacial score (nSPS) is 11.9. The van der Waals surface area contributed by atoms with Gasteiger partial charge in [0, 0.05) is 17.2 Å². The summed E-state index contributed by atoms with van der Waals surface area (Å²) in [6.45, 7) is 7.56. The third-order valence-electron chi connectivity index (χ3n) is 3.12. The lowest BCUT2D eigenvalue weighted by molar-refractivity contribution is -0.119. The van der Waals surface area contributed by atoms with E-state index < -0.39 is 5.54 Å². The van der Waals surface area contributed by atoms with E-state index in [9.17, 15) is 9.59 Å². The first-order chi connectivity index (χ1) is 11.2. The van der Waals surface area contributed by atoms with Gasteiger partial charge >= 0.3 is 0 Å². The van der Waals surface area contributed by atoms with Crippen LogP contribution in [0.25, 0.3) is 6.08 Å². The number of furan rings is 1. The minimum absolute atomic E-state index is 0.130. The van der Waals surface area contributed by atoms with Crippen molar-refractivity contribution >= 4 is 17.9 Å². The largest absolute Gasteiger partial charge is 0.465 e. The Morgan fingerprint density at radius 2 is 1.75 bits per heavy atom. The Labute approximate surface area is 141 Å². The number of amides is 2. The van der Waals surface area contributed by atoms with Gasteiger partial charge in [-0.25, -0.2) is 0 Å². The van der Waals surface area contributed by atoms with Crippen molar-refractivity contribution in [3.05, 3.63) is 65.2 Å². The summed E-state index contributed by atoms with van der Waals surface area (Å²) in [5, 5.41) is 5.50. The van der Waals surface area contributed by atoms with Gasteiger partial charge in [0.25, 0.3) is 11.8 Å². The summed E-state index contributed by atoms with van der Waals surface area (Å²) in [7, 11) is 0. The van der Waals surface area contributed by atoms with Crippen molar-refractivity contribution in [1.82, 2.24) is 10.6 Å². The van der Waals surface area contributed by atoms with Crippen molar-refractivity contribution in [3.63, 3.8) is 0 Å². The second kappa shape index (κ2) is 7.17. The fourth-order valence-electron chi connectivity index (χ4n) is 1.98. The molecule has 0 aliphatic carbocycles.